The van der Waals surface area contributed by atoms with Crippen molar-refractivity contribution in [3.63, 3.8) is 0 Å². The lowest BCUT2D eigenvalue weighted by atomic mass is 10.2. The summed E-state index contributed by atoms with van der Waals surface area (Å²) in [7, 11) is 1.80. The van der Waals surface area contributed by atoms with Gasteiger partial charge in [-0.3, -0.25) is 14.9 Å². The van der Waals surface area contributed by atoms with Gasteiger partial charge in [0.1, 0.15) is 18.1 Å². The van der Waals surface area contributed by atoms with Crippen LogP contribution in [0.4, 0.5) is 17.2 Å². The average Bonchev–Trinajstić information content (AvgIpc) is 2.96. The SMILES string of the molecule is Cc1cc(N(C)C2CCN(c3ccccc3)C2=O)ncc1[N+](=O)[O-]. The van der Waals surface area contributed by atoms with E-state index >= 15 is 0 Å². The Morgan fingerprint density at radius 2 is 2.04 bits per heavy atom. The van der Waals surface area contributed by atoms with Crippen molar-refractivity contribution < 1.29 is 9.72 Å². The Hall–Kier alpha value is -2.96. The molecule has 0 aliphatic carbocycles. The van der Waals surface area contributed by atoms with Gasteiger partial charge in [0.2, 0.25) is 5.91 Å². The second-order valence-electron chi connectivity index (χ2n) is 5.83. The molecule has 7 heteroatoms. The number of rotatable bonds is 4. The van der Waals surface area contributed by atoms with Crippen molar-refractivity contribution in [1.29, 1.82) is 0 Å². The van der Waals surface area contributed by atoms with Crippen LogP contribution in [0.5, 0.6) is 0 Å². The molecule has 1 atom stereocenters. The maximum Gasteiger partial charge on any atom is 0.290 e. The van der Waals surface area contributed by atoms with Crippen molar-refractivity contribution >= 4 is 23.1 Å². The van der Waals surface area contributed by atoms with E-state index in [1.165, 1.54) is 6.20 Å². The van der Waals surface area contributed by atoms with E-state index in [2.05, 4.69) is 4.98 Å². The molecule has 2 aromatic rings. The van der Waals surface area contributed by atoms with Gasteiger partial charge in [-0.1, -0.05) is 18.2 Å². The molecular formula is C17H18N4O3. The highest BCUT2D eigenvalue weighted by molar-refractivity contribution is 6.01. The smallest absolute Gasteiger partial charge is 0.290 e. The van der Waals surface area contributed by atoms with Gasteiger partial charge in [-0.05, 0) is 31.5 Å². The molecule has 0 bridgehead atoms. The molecule has 1 saturated heterocycles. The predicted molar refractivity (Wildman–Crippen MR) is 91.2 cm³/mol. The molecule has 1 aliphatic heterocycles. The van der Waals surface area contributed by atoms with Crippen LogP contribution in [0.15, 0.2) is 42.6 Å². The maximum absolute atomic E-state index is 12.7. The molecule has 1 unspecified atom stereocenters. The largest absolute Gasteiger partial charge is 0.348 e. The predicted octanol–water partition coefficient (Wildman–Crippen LogP) is 2.54. The number of likely N-dealkylation sites (N-methyl/N-ethyl adjacent to an activating group) is 1. The van der Waals surface area contributed by atoms with Gasteiger partial charge in [-0.2, -0.15) is 0 Å². The topological polar surface area (TPSA) is 79.6 Å². The van der Waals surface area contributed by atoms with Gasteiger partial charge < -0.3 is 9.80 Å². The first kappa shape index (κ1) is 15.9. The van der Waals surface area contributed by atoms with E-state index in [1.807, 2.05) is 30.3 Å². The van der Waals surface area contributed by atoms with E-state index in [0.29, 0.717) is 24.3 Å². The third kappa shape index (κ3) is 2.80. The molecule has 124 valence electrons. The number of aryl methyl sites for hydroxylation is 1. The summed E-state index contributed by atoms with van der Waals surface area (Å²) in [4.78, 5) is 30.9. The number of hydrogen-bond donors (Lipinski definition) is 0. The van der Waals surface area contributed by atoms with E-state index < -0.39 is 4.92 Å². The summed E-state index contributed by atoms with van der Waals surface area (Å²) in [5.41, 5.74) is 1.39. The van der Waals surface area contributed by atoms with Crippen molar-refractivity contribution in [2.24, 2.45) is 0 Å². The van der Waals surface area contributed by atoms with Crippen molar-refractivity contribution in [3.05, 3.63) is 58.3 Å². The number of nitrogens with zero attached hydrogens (tertiary/aromatic N) is 4. The molecule has 0 saturated carbocycles. The minimum atomic E-state index is -0.454. The van der Waals surface area contributed by atoms with Crippen molar-refractivity contribution in [1.82, 2.24) is 4.98 Å². The standard InChI is InChI=1S/C17H18N4O3/c1-12-10-16(18-11-15(12)21(23)24)19(2)14-8-9-20(17(14)22)13-6-4-3-5-7-13/h3-7,10-11,14H,8-9H2,1-2H3. The molecule has 1 aromatic heterocycles. The summed E-state index contributed by atoms with van der Waals surface area (Å²) in [5, 5.41) is 10.9. The Labute approximate surface area is 139 Å². The number of carbonyl (C=O) groups excluding carboxylic acids is 1. The molecule has 1 fully saturated rings. The molecule has 7 nitrogen and oxygen atoms in total. The highest BCUT2D eigenvalue weighted by Crippen LogP contribution is 2.27. The maximum atomic E-state index is 12.7. The molecule has 3 rings (SSSR count). The Kier molecular flexibility index (Phi) is 4.16. The summed E-state index contributed by atoms with van der Waals surface area (Å²) in [6.45, 7) is 2.31. The third-order valence-corrected chi connectivity index (χ3v) is 4.34. The minimum Gasteiger partial charge on any atom is -0.348 e. The lowest BCUT2D eigenvalue weighted by molar-refractivity contribution is -0.385. The van der Waals surface area contributed by atoms with E-state index in [9.17, 15) is 14.9 Å². The van der Waals surface area contributed by atoms with Crippen LogP contribution in [0.25, 0.3) is 0 Å². The summed E-state index contributed by atoms with van der Waals surface area (Å²) >= 11 is 0. The number of aromatic nitrogens is 1. The van der Waals surface area contributed by atoms with Crippen LogP contribution >= 0.6 is 0 Å². The first-order chi connectivity index (χ1) is 11.5. The molecule has 2 heterocycles. The Balaban J connectivity index is 1.81. The summed E-state index contributed by atoms with van der Waals surface area (Å²) in [6.07, 6.45) is 1.93. The number of pyridine rings is 1. The van der Waals surface area contributed by atoms with Crippen LogP contribution in [0, 0.1) is 17.0 Å². The number of hydrogen-bond acceptors (Lipinski definition) is 5. The second kappa shape index (κ2) is 6.27. The van der Waals surface area contributed by atoms with Gasteiger partial charge in [0.05, 0.1) is 4.92 Å². The van der Waals surface area contributed by atoms with Crippen LogP contribution in [0.1, 0.15) is 12.0 Å². The fourth-order valence-corrected chi connectivity index (χ4v) is 2.97. The molecule has 1 amide bonds. The van der Waals surface area contributed by atoms with E-state index in [4.69, 9.17) is 0 Å². The average molecular weight is 326 g/mol. The Bertz CT molecular complexity index is 779. The quantitative estimate of drug-likeness (QED) is 0.637. The minimum absolute atomic E-state index is 0.0153. The number of anilines is 2. The van der Waals surface area contributed by atoms with Crippen LogP contribution in [0.2, 0.25) is 0 Å². The number of para-hydroxylation sites is 1. The number of carbonyl (C=O) groups is 1. The van der Waals surface area contributed by atoms with Gasteiger partial charge in [0.25, 0.3) is 5.69 Å². The van der Waals surface area contributed by atoms with E-state index in [0.717, 1.165) is 5.69 Å². The highest BCUT2D eigenvalue weighted by atomic mass is 16.6. The molecule has 0 radical (unpaired) electrons. The van der Waals surface area contributed by atoms with Crippen molar-refractivity contribution in [2.45, 2.75) is 19.4 Å². The van der Waals surface area contributed by atoms with Gasteiger partial charge in [0, 0.05) is 24.8 Å². The van der Waals surface area contributed by atoms with Gasteiger partial charge in [-0.25, -0.2) is 4.98 Å². The van der Waals surface area contributed by atoms with Crippen molar-refractivity contribution in [3.8, 4) is 0 Å². The lowest BCUT2D eigenvalue weighted by Gasteiger charge is -2.25. The molecule has 0 N–H and O–H groups in total. The zero-order valence-electron chi connectivity index (χ0n) is 13.5. The number of nitro groups is 1. The normalized spacial score (nSPS) is 17.2. The first-order valence-electron chi connectivity index (χ1n) is 7.69. The van der Waals surface area contributed by atoms with Crippen LogP contribution in [-0.4, -0.2) is 35.4 Å². The molecule has 0 spiro atoms. The van der Waals surface area contributed by atoms with E-state index in [-0.39, 0.29) is 17.6 Å². The number of amides is 1. The molecule has 1 aromatic carbocycles. The first-order valence-corrected chi connectivity index (χ1v) is 7.69. The highest BCUT2D eigenvalue weighted by Gasteiger charge is 2.36. The lowest BCUT2D eigenvalue weighted by Crippen LogP contribution is -2.40. The summed E-state index contributed by atoms with van der Waals surface area (Å²) < 4.78 is 0. The third-order valence-electron chi connectivity index (χ3n) is 4.34. The fraction of sp³-hybridized carbons (Fsp3) is 0.294. The Morgan fingerprint density at radius 1 is 1.33 bits per heavy atom. The summed E-state index contributed by atoms with van der Waals surface area (Å²) in [6, 6.07) is 10.9. The van der Waals surface area contributed by atoms with Gasteiger partial charge >= 0.3 is 0 Å². The zero-order valence-corrected chi connectivity index (χ0v) is 13.5. The van der Waals surface area contributed by atoms with Crippen LogP contribution in [0.3, 0.4) is 0 Å². The van der Waals surface area contributed by atoms with Crippen LogP contribution < -0.4 is 9.80 Å². The molecular weight excluding hydrogens is 308 g/mol. The van der Waals surface area contributed by atoms with Crippen molar-refractivity contribution in [2.75, 3.05) is 23.4 Å². The zero-order chi connectivity index (χ0) is 17.3. The number of benzene rings is 1. The monoisotopic (exact) mass is 326 g/mol. The van der Waals surface area contributed by atoms with E-state index in [1.54, 1.807) is 29.8 Å². The van der Waals surface area contributed by atoms with Crippen LogP contribution in [-0.2, 0) is 4.79 Å². The van der Waals surface area contributed by atoms with Gasteiger partial charge in [0.15, 0.2) is 0 Å². The molecule has 24 heavy (non-hydrogen) atoms. The van der Waals surface area contributed by atoms with Gasteiger partial charge in [-0.15, -0.1) is 0 Å². The Morgan fingerprint density at radius 3 is 2.67 bits per heavy atom. The summed E-state index contributed by atoms with van der Waals surface area (Å²) in [5.74, 6) is 0.577. The molecule has 1 aliphatic rings. The second-order valence-corrected chi connectivity index (χ2v) is 5.83. The fourth-order valence-electron chi connectivity index (χ4n) is 2.97.